The van der Waals surface area contributed by atoms with E-state index in [0.29, 0.717) is 10.8 Å². The second kappa shape index (κ2) is 3.70. The number of rotatable bonds is 1. The third-order valence-electron chi connectivity index (χ3n) is 2.70. The molecule has 0 amide bonds. The average Bonchev–Trinajstić information content (AvgIpc) is 2.58. The van der Waals surface area contributed by atoms with Gasteiger partial charge in [0.2, 0.25) is 0 Å². The molecule has 1 aromatic heterocycles. The van der Waals surface area contributed by atoms with E-state index in [9.17, 15) is 0 Å². The standard InChI is InChI=1S/C13H16ClNO/c1-13(2,3)12-6-8-5-9(14)11(16-4)7-10(8)15-12/h5-7,15H,1-4H3. The number of hydrogen-bond acceptors (Lipinski definition) is 1. The lowest BCUT2D eigenvalue weighted by Gasteiger charge is -2.15. The molecule has 0 bridgehead atoms. The van der Waals surface area contributed by atoms with E-state index in [-0.39, 0.29) is 5.41 Å². The molecule has 1 heterocycles. The van der Waals surface area contributed by atoms with Crippen LogP contribution < -0.4 is 4.74 Å². The fourth-order valence-corrected chi connectivity index (χ4v) is 1.94. The van der Waals surface area contributed by atoms with E-state index >= 15 is 0 Å². The first-order valence-electron chi connectivity index (χ1n) is 5.28. The molecule has 0 fully saturated rings. The Labute approximate surface area is 101 Å². The number of fused-ring (bicyclic) bond motifs is 1. The van der Waals surface area contributed by atoms with Crippen molar-refractivity contribution in [3.8, 4) is 5.75 Å². The smallest absolute Gasteiger partial charge is 0.139 e. The lowest BCUT2D eigenvalue weighted by Crippen LogP contribution is -2.10. The number of ether oxygens (including phenoxy) is 1. The highest BCUT2D eigenvalue weighted by Gasteiger charge is 2.17. The minimum atomic E-state index is 0.110. The fraction of sp³-hybridized carbons (Fsp3) is 0.385. The third kappa shape index (κ3) is 1.90. The number of hydrogen-bond donors (Lipinski definition) is 1. The van der Waals surface area contributed by atoms with E-state index in [1.165, 1.54) is 5.69 Å². The molecule has 0 radical (unpaired) electrons. The summed E-state index contributed by atoms with van der Waals surface area (Å²) in [6.45, 7) is 6.53. The van der Waals surface area contributed by atoms with Crippen LogP contribution in [0.3, 0.4) is 0 Å². The summed E-state index contributed by atoms with van der Waals surface area (Å²) in [7, 11) is 1.63. The summed E-state index contributed by atoms with van der Waals surface area (Å²) in [6, 6.07) is 6.01. The van der Waals surface area contributed by atoms with Crippen molar-refractivity contribution in [1.82, 2.24) is 4.98 Å². The van der Waals surface area contributed by atoms with Gasteiger partial charge in [0.05, 0.1) is 12.1 Å². The van der Waals surface area contributed by atoms with Crippen molar-refractivity contribution >= 4 is 22.5 Å². The van der Waals surface area contributed by atoms with Gasteiger partial charge in [-0.3, -0.25) is 0 Å². The topological polar surface area (TPSA) is 25.0 Å². The van der Waals surface area contributed by atoms with Crippen molar-refractivity contribution in [2.75, 3.05) is 7.11 Å². The minimum Gasteiger partial charge on any atom is -0.495 e. The summed E-state index contributed by atoms with van der Waals surface area (Å²) in [5, 5.41) is 1.77. The highest BCUT2D eigenvalue weighted by molar-refractivity contribution is 6.32. The van der Waals surface area contributed by atoms with Crippen LogP contribution in [-0.4, -0.2) is 12.1 Å². The molecule has 0 atom stereocenters. The molecule has 0 saturated heterocycles. The molecule has 0 aliphatic heterocycles. The van der Waals surface area contributed by atoms with Crippen LogP contribution in [0, 0.1) is 0 Å². The summed E-state index contributed by atoms with van der Waals surface area (Å²) in [6.07, 6.45) is 0. The Balaban J connectivity index is 2.63. The average molecular weight is 238 g/mol. The highest BCUT2D eigenvalue weighted by Crippen LogP contribution is 2.32. The van der Waals surface area contributed by atoms with Crippen LogP contribution >= 0.6 is 11.6 Å². The van der Waals surface area contributed by atoms with Crippen molar-refractivity contribution < 1.29 is 4.74 Å². The Kier molecular flexibility index (Phi) is 2.62. The number of benzene rings is 1. The number of aromatic amines is 1. The van der Waals surface area contributed by atoms with Crippen molar-refractivity contribution in [2.45, 2.75) is 26.2 Å². The van der Waals surface area contributed by atoms with Crippen molar-refractivity contribution in [2.24, 2.45) is 0 Å². The SMILES string of the molecule is COc1cc2[nH]c(C(C)(C)C)cc2cc1Cl. The normalized spacial score (nSPS) is 12.1. The van der Waals surface area contributed by atoms with Gasteiger partial charge in [-0.15, -0.1) is 0 Å². The second-order valence-corrected chi connectivity index (χ2v) is 5.41. The summed E-state index contributed by atoms with van der Waals surface area (Å²) < 4.78 is 5.20. The zero-order valence-corrected chi connectivity index (χ0v) is 10.8. The maximum Gasteiger partial charge on any atom is 0.139 e. The van der Waals surface area contributed by atoms with Gasteiger partial charge in [-0.1, -0.05) is 32.4 Å². The number of halogens is 1. The Morgan fingerprint density at radius 3 is 2.44 bits per heavy atom. The first kappa shape index (κ1) is 11.3. The van der Waals surface area contributed by atoms with Crippen molar-refractivity contribution in [3.63, 3.8) is 0 Å². The minimum absolute atomic E-state index is 0.110. The van der Waals surface area contributed by atoms with Crippen LogP contribution in [0.1, 0.15) is 26.5 Å². The summed E-state index contributed by atoms with van der Waals surface area (Å²) in [4.78, 5) is 3.40. The monoisotopic (exact) mass is 237 g/mol. The van der Waals surface area contributed by atoms with E-state index < -0.39 is 0 Å². The molecular formula is C13H16ClNO. The Morgan fingerprint density at radius 2 is 1.88 bits per heavy atom. The Hall–Kier alpha value is -1.15. The Morgan fingerprint density at radius 1 is 1.19 bits per heavy atom. The Bertz CT molecular complexity index is 522. The van der Waals surface area contributed by atoms with E-state index in [2.05, 4.69) is 31.8 Å². The molecule has 16 heavy (non-hydrogen) atoms. The molecule has 1 N–H and O–H groups in total. The highest BCUT2D eigenvalue weighted by atomic mass is 35.5. The maximum absolute atomic E-state index is 6.09. The van der Waals surface area contributed by atoms with Crippen LogP contribution in [-0.2, 0) is 5.41 Å². The molecule has 2 nitrogen and oxygen atoms in total. The fourth-order valence-electron chi connectivity index (χ4n) is 1.69. The number of H-pyrrole nitrogens is 1. The van der Waals surface area contributed by atoms with Gasteiger partial charge >= 0.3 is 0 Å². The predicted octanol–water partition coefficient (Wildman–Crippen LogP) is 4.13. The predicted molar refractivity (Wildman–Crippen MR) is 68.6 cm³/mol. The molecule has 2 aromatic rings. The number of methoxy groups -OCH3 is 1. The van der Waals surface area contributed by atoms with Gasteiger partial charge < -0.3 is 9.72 Å². The first-order chi connectivity index (χ1) is 7.41. The molecular weight excluding hydrogens is 222 g/mol. The van der Waals surface area contributed by atoms with E-state index in [1.54, 1.807) is 7.11 Å². The maximum atomic E-state index is 6.09. The second-order valence-electron chi connectivity index (χ2n) is 5.01. The zero-order valence-electron chi connectivity index (χ0n) is 10.0. The molecule has 0 aliphatic rings. The van der Waals surface area contributed by atoms with Gasteiger partial charge in [0.1, 0.15) is 5.75 Å². The lowest BCUT2D eigenvalue weighted by atomic mass is 9.92. The van der Waals surface area contributed by atoms with E-state index in [1.807, 2.05) is 12.1 Å². The van der Waals surface area contributed by atoms with Gasteiger partial charge in [-0.25, -0.2) is 0 Å². The molecule has 0 saturated carbocycles. The molecule has 0 unspecified atom stereocenters. The summed E-state index contributed by atoms with van der Waals surface area (Å²) >= 11 is 6.09. The molecule has 86 valence electrons. The largest absolute Gasteiger partial charge is 0.495 e. The first-order valence-corrected chi connectivity index (χ1v) is 5.66. The number of aromatic nitrogens is 1. The van der Waals surface area contributed by atoms with Gasteiger partial charge in [-0.05, 0) is 12.1 Å². The van der Waals surface area contributed by atoms with Crippen LogP contribution in [0.15, 0.2) is 18.2 Å². The van der Waals surface area contributed by atoms with Crippen LogP contribution in [0.4, 0.5) is 0 Å². The molecule has 3 heteroatoms. The van der Waals surface area contributed by atoms with Crippen LogP contribution in [0.25, 0.3) is 10.9 Å². The molecule has 0 aliphatic carbocycles. The quantitative estimate of drug-likeness (QED) is 0.793. The molecule has 0 spiro atoms. The van der Waals surface area contributed by atoms with Gasteiger partial charge in [0, 0.05) is 28.1 Å². The van der Waals surface area contributed by atoms with E-state index in [4.69, 9.17) is 16.3 Å². The third-order valence-corrected chi connectivity index (χ3v) is 3.00. The van der Waals surface area contributed by atoms with Gasteiger partial charge in [0.15, 0.2) is 0 Å². The summed E-state index contributed by atoms with van der Waals surface area (Å²) in [5.41, 5.74) is 2.37. The molecule has 1 aromatic carbocycles. The number of nitrogens with one attached hydrogen (secondary N) is 1. The van der Waals surface area contributed by atoms with Crippen molar-refractivity contribution in [1.29, 1.82) is 0 Å². The van der Waals surface area contributed by atoms with Crippen LogP contribution in [0.5, 0.6) is 5.75 Å². The zero-order chi connectivity index (χ0) is 11.9. The van der Waals surface area contributed by atoms with Crippen molar-refractivity contribution in [3.05, 3.63) is 28.9 Å². The van der Waals surface area contributed by atoms with E-state index in [0.717, 1.165) is 10.9 Å². The lowest BCUT2D eigenvalue weighted by molar-refractivity contribution is 0.415. The van der Waals surface area contributed by atoms with Crippen LogP contribution in [0.2, 0.25) is 5.02 Å². The summed E-state index contributed by atoms with van der Waals surface area (Å²) in [5.74, 6) is 0.705. The van der Waals surface area contributed by atoms with Gasteiger partial charge in [0.25, 0.3) is 0 Å². The molecule has 2 rings (SSSR count). The van der Waals surface area contributed by atoms with Gasteiger partial charge in [-0.2, -0.15) is 0 Å².